The van der Waals surface area contributed by atoms with Gasteiger partial charge in [0.2, 0.25) is 0 Å². The summed E-state index contributed by atoms with van der Waals surface area (Å²) in [6.07, 6.45) is 8.21. The summed E-state index contributed by atoms with van der Waals surface area (Å²) >= 11 is 0. The third-order valence-electron chi connectivity index (χ3n) is 6.65. The zero-order valence-corrected chi connectivity index (χ0v) is 20.2. The van der Waals surface area contributed by atoms with Gasteiger partial charge in [-0.1, -0.05) is 67.2 Å². The summed E-state index contributed by atoms with van der Waals surface area (Å²) in [6, 6.07) is 0. The van der Waals surface area contributed by atoms with Gasteiger partial charge in [0.15, 0.2) is 16.6 Å². The Labute approximate surface area is 154 Å². The Balaban J connectivity index is 2.97. The minimum Gasteiger partial charge on any atom is -0.411 e. The number of hydrogen-bond donors (Lipinski definition) is 0. The fraction of sp³-hybridized carbons (Fsp3) is 1.00. The lowest BCUT2D eigenvalue weighted by Gasteiger charge is -2.45. The van der Waals surface area contributed by atoms with Crippen LogP contribution < -0.4 is 0 Å². The smallest absolute Gasteiger partial charge is 0.192 e. The molecule has 24 heavy (non-hydrogen) atoms. The molecule has 144 valence electrons. The maximum Gasteiger partial charge on any atom is 0.192 e. The molecule has 0 aromatic heterocycles. The minimum absolute atomic E-state index is 0.261. The van der Waals surface area contributed by atoms with Crippen molar-refractivity contribution in [2.45, 2.75) is 129 Å². The van der Waals surface area contributed by atoms with E-state index in [-0.39, 0.29) is 10.1 Å². The summed E-state index contributed by atoms with van der Waals surface area (Å²) in [5.74, 6) is 0. The van der Waals surface area contributed by atoms with Crippen LogP contribution in [0.1, 0.15) is 80.1 Å². The third kappa shape index (κ3) is 5.96. The highest BCUT2D eigenvalue weighted by Gasteiger charge is 2.44. The van der Waals surface area contributed by atoms with Gasteiger partial charge >= 0.3 is 0 Å². The van der Waals surface area contributed by atoms with Crippen LogP contribution in [0.25, 0.3) is 0 Å². The highest BCUT2D eigenvalue weighted by molar-refractivity contribution is 6.74. The van der Waals surface area contributed by atoms with Crippen molar-refractivity contribution in [1.82, 2.24) is 0 Å². The molecule has 0 aliphatic heterocycles. The normalized spacial score (nSPS) is 25.2. The highest BCUT2D eigenvalue weighted by Crippen LogP contribution is 2.42. The van der Waals surface area contributed by atoms with E-state index in [1.54, 1.807) is 0 Å². The van der Waals surface area contributed by atoms with Gasteiger partial charge in [-0.3, -0.25) is 0 Å². The molecule has 0 amide bonds. The molecule has 1 rings (SSSR count). The average molecular weight is 373 g/mol. The molecule has 0 N–H and O–H groups in total. The molecule has 0 aromatic carbocycles. The van der Waals surface area contributed by atoms with Gasteiger partial charge in [-0.15, -0.1) is 0 Å². The monoisotopic (exact) mass is 372 g/mol. The number of hydrogen-bond acceptors (Lipinski definition) is 2. The Kier molecular flexibility index (Phi) is 7.40. The van der Waals surface area contributed by atoms with Crippen LogP contribution in [-0.2, 0) is 8.85 Å². The Morgan fingerprint density at radius 1 is 0.583 bits per heavy atom. The molecule has 2 nitrogen and oxygen atoms in total. The first-order valence-corrected chi connectivity index (χ1v) is 15.8. The molecule has 0 radical (unpaired) electrons. The standard InChI is InChI=1S/C20H44O2Si2/c1-19(2,3)23(7,8)21-17-15-13-11-12-14-16-18(17)22-24(9,10)20(4,5)6/h17-18H,11-16H2,1-10H3/t17-,18+. The molecule has 0 heterocycles. The van der Waals surface area contributed by atoms with Gasteiger partial charge in [-0.05, 0) is 49.1 Å². The fourth-order valence-electron chi connectivity index (χ4n) is 2.80. The van der Waals surface area contributed by atoms with Crippen LogP contribution in [0.15, 0.2) is 0 Å². The lowest BCUT2D eigenvalue weighted by molar-refractivity contribution is 0.0182. The van der Waals surface area contributed by atoms with E-state index in [0.717, 1.165) is 0 Å². The average Bonchev–Trinajstić information content (AvgIpc) is 2.34. The molecule has 1 saturated carbocycles. The molecule has 1 fully saturated rings. The summed E-state index contributed by atoms with van der Waals surface area (Å²) in [5, 5.41) is 0.522. The van der Waals surface area contributed by atoms with E-state index in [1.165, 1.54) is 38.5 Å². The SMILES string of the molecule is CC(C)(C)[Si](C)(C)O[C@H]1CCCCCC[C@H]1O[Si](C)(C)C(C)(C)C. The van der Waals surface area contributed by atoms with E-state index < -0.39 is 16.6 Å². The van der Waals surface area contributed by atoms with Gasteiger partial charge in [0, 0.05) is 0 Å². The predicted octanol–water partition coefficient (Wildman–Crippen LogP) is 7.12. The van der Waals surface area contributed by atoms with E-state index in [0.29, 0.717) is 12.2 Å². The second kappa shape index (κ2) is 7.93. The highest BCUT2D eigenvalue weighted by atomic mass is 28.4. The first kappa shape index (κ1) is 22.4. The first-order valence-electron chi connectivity index (χ1n) is 10.0. The quantitative estimate of drug-likeness (QED) is 0.489. The fourth-order valence-corrected chi connectivity index (χ4v) is 5.56. The van der Waals surface area contributed by atoms with Crippen molar-refractivity contribution in [2.75, 3.05) is 0 Å². The van der Waals surface area contributed by atoms with E-state index in [9.17, 15) is 0 Å². The topological polar surface area (TPSA) is 18.5 Å². The molecule has 4 heteroatoms. The van der Waals surface area contributed by atoms with Crippen LogP contribution in [0.4, 0.5) is 0 Å². The number of rotatable bonds is 4. The maximum atomic E-state index is 6.89. The van der Waals surface area contributed by atoms with Gasteiger partial charge in [0.05, 0.1) is 12.2 Å². The van der Waals surface area contributed by atoms with Crippen LogP contribution in [0, 0.1) is 0 Å². The van der Waals surface area contributed by atoms with Crippen LogP contribution in [0.3, 0.4) is 0 Å². The molecular formula is C20H44O2Si2. The molecule has 0 saturated heterocycles. The summed E-state index contributed by atoms with van der Waals surface area (Å²) in [5.41, 5.74) is 0. The van der Waals surface area contributed by atoms with Crippen LogP contribution in [0.5, 0.6) is 0 Å². The van der Waals surface area contributed by atoms with Crippen molar-refractivity contribution in [3.05, 3.63) is 0 Å². The lowest BCUT2D eigenvalue weighted by atomic mass is 9.96. The maximum absolute atomic E-state index is 6.89. The van der Waals surface area contributed by atoms with Crippen LogP contribution in [0.2, 0.25) is 36.3 Å². The second-order valence-corrected chi connectivity index (χ2v) is 20.3. The van der Waals surface area contributed by atoms with E-state index >= 15 is 0 Å². The Hall–Kier alpha value is 0.354. The molecule has 0 spiro atoms. The zero-order chi connectivity index (χ0) is 18.8. The van der Waals surface area contributed by atoms with Gasteiger partial charge in [0.25, 0.3) is 0 Å². The van der Waals surface area contributed by atoms with Crippen molar-refractivity contribution in [3.63, 3.8) is 0 Å². The van der Waals surface area contributed by atoms with Crippen molar-refractivity contribution in [3.8, 4) is 0 Å². The van der Waals surface area contributed by atoms with Crippen molar-refractivity contribution < 1.29 is 8.85 Å². The lowest BCUT2D eigenvalue weighted by Crippen LogP contribution is -2.52. The first-order chi connectivity index (χ1) is 10.7. The zero-order valence-electron chi connectivity index (χ0n) is 18.2. The van der Waals surface area contributed by atoms with Crippen LogP contribution in [-0.4, -0.2) is 28.8 Å². The summed E-state index contributed by atoms with van der Waals surface area (Å²) < 4.78 is 13.8. The van der Waals surface area contributed by atoms with Crippen molar-refractivity contribution in [1.29, 1.82) is 0 Å². The summed E-state index contributed by atoms with van der Waals surface area (Å²) in [4.78, 5) is 0. The van der Waals surface area contributed by atoms with E-state index in [2.05, 4.69) is 67.7 Å². The second-order valence-electron chi connectivity index (χ2n) is 10.8. The predicted molar refractivity (Wildman–Crippen MR) is 112 cm³/mol. The van der Waals surface area contributed by atoms with Gasteiger partial charge in [-0.2, -0.15) is 0 Å². The van der Waals surface area contributed by atoms with Crippen LogP contribution >= 0.6 is 0 Å². The van der Waals surface area contributed by atoms with Gasteiger partial charge < -0.3 is 8.85 Å². The van der Waals surface area contributed by atoms with Gasteiger partial charge in [-0.25, -0.2) is 0 Å². The molecule has 1 aliphatic rings. The Bertz CT molecular complexity index is 353. The Morgan fingerprint density at radius 2 is 0.875 bits per heavy atom. The van der Waals surface area contributed by atoms with E-state index in [1.807, 2.05) is 0 Å². The van der Waals surface area contributed by atoms with E-state index in [4.69, 9.17) is 8.85 Å². The molecule has 0 unspecified atom stereocenters. The molecule has 2 atom stereocenters. The van der Waals surface area contributed by atoms with Gasteiger partial charge in [0.1, 0.15) is 0 Å². The third-order valence-corrected chi connectivity index (χ3v) is 15.7. The molecule has 0 aromatic rings. The van der Waals surface area contributed by atoms with Crippen molar-refractivity contribution >= 4 is 16.6 Å². The van der Waals surface area contributed by atoms with Crippen molar-refractivity contribution in [2.24, 2.45) is 0 Å². The summed E-state index contributed by atoms with van der Waals surface area (Å²) in [7, 11) is -3.52. The Morgan fingerprint density at radius 3 is 1.12 bits per heavy atom. The summed E-state index contributed by atoms with van der Waals surface area (Å²) in [6.45, 7) is 23.6. The molecular weight excluding hydrogens is 328 g/mol. The minimum atomic E-state index is -1.76. The molecule has 1 aliphatic carbocycles. The largest absolute Gasteiger partial charge is 0.411 e. The molecule has 0 bridgehead atoms.